The van der Waals surface area contributed by atoms with E-state index in [1.807, 2.05) is 6.92 Å². The van der Waals surface area contributed by atoms with Gasteiger partial charge in [0.1, 0.15) is 0 Å². The third kappa shape index (κ3) is 7.79. The lowest BCUT2D eigenvalue weighted by molar-refractivity contribution is -0.128. The number of halogens is 3. The van der Waals surface area contributed by atoms with Crippen molar-refractivity contribution in [2.45, 2.75) is 32.4 Å². The quantitative estimate of drug-likeness (QED) is 0.527. The van der Waals surface area contributed by atoms with Crippen LogP contribution in [0, 0.1) is 6.42 Å². The van der Waals surface area contributed by atoms with Gasteiger partial charge >= 0.3 is 6.18 Å². The molecule has 0 atom stereocenters. The highest BCUT2D eigenvalue weighted by molar-refractivity contribution is 4.67. The van der Waals surface area contributed by atoms with Gasteiger partial charge in [-0.3, -0.25) is 0 Å². The second-order valence-corrected chi connectivity index (χ2v) is 1.90. The topological polar surface area (TPSA) is 0 Å². The molecule has 55 valence electrons. The molecule has 0 aromatic carbocycles. The third-order valence-corrected chi connectivity index (χ3v) is 0.869. The second-order valence-electron chi connectivity index (χ2n) is 1.90. The summed E-state index contributed by atoms with van der Waals surface area (Å²) >= 11 is 0. The SMILES string of the molecule is CCC[CH]CC(F)(F)F. The van der Waals surface area contributed by atoms with E-state index in [1.54, 1.807) is 0 Å². The van der Waals surface area contributed by atoms with E-state index in [1.165, 1.54) is 6.42 Å². The van der Waals surface area contributed by atoms with Gasteiger partial charge in [0.25, 0.3) is 0 Å². The van der Waals surface area contributed by atoms with Crippen molar-refractivity contribution in [2.24, 2.45) is 0 Å². The number of unbranched alkanes of at least 4 members (excludes halogenated alkanes) is 2. The van der Waals surface area contributed by atoms with Gasteiger partial charge in [-0.25, -0.2) is 0 Å². The van der Waals surface area contributed by atoms with E-state index < -0.39 is 12.6 Å². The molecule has 0 bridgehead atoms. The second kappa shape index (κ2) is 3.75. The Kier molecular flexibility index (Phi) is 3.66. The smallest absolute Gasteiger partial charge is 0.171 e. The van der Waals surface area contributed by atoms with Crippen LogP contribution in [0.3, 0.4) is 0 Å². The Bertz CT molecular complexity index is 65.2. The summed E-state index contributed by atoms with van der Waals surface area (Å²) in [5, 5.41) is 0. The zero-order chi connectivity index (χ0) is 7.33. The van der Waals surface area contributed by atoms with Crippen LogP contribution in [0.1, 0.15) is 26.2 Å². The Morgan fingerprint density at radius 1 is 1.33 bits per heavy atom. The molecule has 1 radical (unpaired) electrons. The molecule has 9 heavy (non-hydrogen) atoms. The molecule has 0 spiro atoms. The Hall–Kier alpha value is -0.210. The summed E-state index contributed by atoms with van der Waals surface area (Å²) in [5.41, 5.74) is 0. The average Bonchev–Trinajstić information content (AvgIpc) is 1.63. The molecule has 0 rings (SSSR count). The van der Waals surface area contributed by atoms with E-state index in [9.17, 15) is 13.2 Å². The van der Waals surface area contributed by atoms with Crippen LogP contribution < -0.4 is 0 Å². The Balaban J connectivity index is 3.07. The maximum absolute atomic E-state index is 11.3. The summed E-state index contributed by atoms with van der Waals surface area (Å²) in [6.07, 6.45) is -2.15. The molecule has 0 aromatic heterocycles. The van der Waals surface area contributed by atoms with Gasteiger partial charge in [0, 0.05) is 6.42 Å². The minimum atomic E-state index is -4.00. The minimum Gasteiger partial charge on any atom is -0.171 e. The number of hydrogen-bond acceptors (Lipinski definition) is 0. The van der Waals surface area contributed by atoms with Gasteiger partial charge in [-0.1, -0.05) is 19.8 Å². The molecular formula is C6H10F3. The van der Waals surface area contributed by atoms with Crippen LogP contribution >= 0.6 is 0 Å². The summed E-state index contributed by atoms with van der Waals surface area (Å²) in [4.78, 5) is 0. The molecule has 0 fully saturated rings. The summed E-state index contributed by atoms with van der Waals surface area (Å²) in [5.74, 6) is 0. The zero-order valence-electron chi connectivity index (χ0n) is 5.33. The first kappa shape index (κ1) is 8.79. The average molecular weight is 139 g/mol. The predicted molar refractivity (Wildman–Crippen MR) is 29.9 cm³/mol. The van der Waals surface area contributed by atoms with Crippen molar-refractivity contribution in [3.05, 3.63) is 6.42 Å². The summed E-state index contributed by atoms with van der Waals surface area (Å²) in [6, 6.07) is 0. The summed E-state index contributed by atoms with van der Waals surface area (Å²) < 4.78 is 34.0. The van der Waals surface area contributed by atoms with Gasteiger partial charge in [-0.15, -0.1) is 0 Å². The van der Waals surface area contributed by atoms with Crippen LogP contribution in [0.2, 0.25) is 0 Å². The van der Waals surface area contributed by atoms with Crippen molar-refractivity contribution in [2.75, 3.05) is 0 Å². The third-order valence-electron chi connectivity index (χ3n) is 0.869. The molecular weight excluding hydrogens is 129 g/mol. The molecule has 0 aliphatic rings. The molecule has 0 nitrogen and oxygen atoms in total. The predicted octanol–water partition coefficient (Wildman–Crippen LogP) is 2.94. The van der Waals surface area contributed by atoms with Crippen LogP contribution in [0.15, 0.2) is 0 Å². The molecule has 0 unspecified atom stereocenters. The van der Waals surface area contributed by atoms with Crippen LogP contribution in [0.5, 0.6) is 0 Å². The lowest BCUT2D eigenvalue weighted by Crippen LogP contribution is -2.06. The molecule has 3 heteroatoms. The van der Waals surface area contributed by atoms with E-state index in [2.05, 4.69) is 0 Å². The standard InChI is InChI=1S/C6H10F3/c1-2-3-4-5-6(7,8)9/h4H,2-3,5H2,1H3. The molecule has 0 N–H and O–H groups in total. The van der Waals surface area contributed by atoms with Crippen LogP contribution in [-0.2, 0) is 0 Å². The van der Waals surface area contributed by atoms with E-state index in [-0.39, 0.29) is 0 Å². The van der Waals surface area contributed by atoms with Crippen molar-refractivity contribution >= 4 is 0 Å². The highest BCUT2D eigenvalue weighted by Gasteiger charge is 2.25. The van der Waals surface area contributed by atoms with E-state index >= 15 is 0 Å². The number of alkyl halides is 3. The molecule has 0 aliphatic heterocycles. The minimum absolute atomic E-state index is 0.555. The molecule has 0 saturated carbocycles. The van der Waals surface area contributed by atoms with Gasteiger partial charge in [0.05, 0.1) is 0 Å². The molecule has 0 aromatic rings. The van der Waals surface area contributed by atoms with E-state index in [0.29, 0.717) is 6.42 Å². The Labute approximate surface area is 53.1 Å². The van der Waals surface area contributed by atoms with Gasteiger partial charge in [-0.2, -0.15) is 13.2 Å². The fraction of sp³-hybridized carbons (Fsp3) is 0.833. The van der Waals surface area contributed by atoms with Crippen LogP contribution in [0.25, 0.3) is 0 Å². The fourth-order valence-corrected chi connectivity index (χ4v) is 0.470. The molecule has 0 amide bonds. The molecule has 0 saturated heterocycles. The van der Waals surface area contributed by atoms with Gasteiger partial charge in [0.15, 0.2) is 0 Å². The largest absolute Gasteiger partial charge is 0.389 e. The molecule has 0 heterocycles. The summed E-state index contributed by atoms with van der Waals surface area (Å²) in [6.45, 7) is 1.85. The fourth-order valence-electron chi connectivity index (χ4n) is 0.470. The van der Waals surface area contributed by atoms with Crippen molar-refractivity contribution in [1.82, 2.24) is 0 Å². The summed E-state index contributed by atoms with van der Waals surface area (Å²) in [7, 11) is 0. The van der Waals surface area contributed by atoms with E-state index in [4.69, 9.17) is 0 Å². The first-order chi connectivity index (χ1) is 4.06. The maximum Gasteiger partial charge on any atom is 0.389 e. The van der Waals surface area contributed by atoms with E-state index in [0.717, 1.165) is 6.42 Å². The number of hydrogen-bond donors (Lipinski definition) is 0. The van der Waals surface area contributed by atoms with Crippen LogP contribution in [-0.4, -0.2) is 6.18 Å². The lowest BCUT2D eigenvalue weighted by atomic mass is 10.2. The van der Waals surface area contributed by atoms with Crippen molar-refractivity contribution in [3.63, 3.8) is 0 Å². The first-order valence-corrected chi connectivity index (χ1v) is 2.94. The Morgan fingerprint density at radius 3 is 2.22 bits per heavy atom. The monoisotopic (exact) mass is 139 g/mol. The van der Waals surface area contributed by atoms with Crippen LogP contribution in [0.4, 0.5) is 13.2 Å². The highest BCUT2D eigenvalue weighted by Crippen LogP contribution is 2.21. The maximum atomic E-state index is 11.3. The van der Waals surface area contributed by atoms with Crippen molar-refractivity contribution < 1.29 is 13.2 Å². The zero-order valence-corrected chi connectivity index (χ0v) is 5.33. The molecule has 0 aliphatic carbocycles. The first-order valence-electron chi connectivity index (χ1n) is 2.94. The van der Waals surface area contributed by atoms with Gasteiger partial charge < -0.3 is 0 Å². The van der Waals surface area contributed by atoms with Gasteiger partial charge in [0.2, 0.25) is 0 Å². The lowest BCUT2D eigenvalue weighted by Gasteiger charge is -2.02. The Morgan fingerprint density at radius 2 is 1.89 bits per heavy atom. The highest BCUT2D eigenvalue weighted by atomic mass is 19.4. The van der Waals surface area contributed by atoms with Gasteiger partial charge in [-0.05, 0) is 6.42 Å². The normalized spacial score (nSPS) is 12.0. The van der Waals surface area contributed by atoms with Crippen molar-refractivity contribution in [1.29, 1.82) is 0 Å². The van der Waals surface area contributed by atoms with Crippen molar-refractivity contribution in [3.8, 4) is 0 Å². The number of rotatable bonds is 3.